The van der Waals surface area contributed by atoms with Crippen LogP contribution in [0.1, 0.15) is 36.0 Å². The van der Waals surface area contributed by atoms with Crippen molar-refractivity contribution in [3.8, 4) is 11.5 Å². The second kappa shape index (κ2) is 5.44. The molecule has 6 nitrogen and oxygen atoms in total. The lowest BCUT2D eigenvalue weighted by atomic mass is 9.44. The zero-order valence-corrected chi connectivity index (χ0v) is 18.9. The molecule has 5 unspecified atom stereocenters. The van der Waals surface area contributed by atoms with Gasteiger partial charge < -0.3 is 19.1 Å². The van der Waals surface area contributed by atoms with Crippen molar-refractivity contribution >= 4 is 5.69 Å². The third kappa shape index (κ3) is 1.56. The number of rotatable bonds is 2. The van der Waals surface area contributed by atoms with Crippen LogP contribution in [0.3, 0.4) is 0 Å². The van der Waals surface area contributed by atoms with Crippen LogP contribution in [0.2, 0.25) is 0 Å². The number of hydrazine groups is 1. The monoisotopic (exact) mass is 431 g/mol. The van der Waals surface area contributed by atoms with Crippen LogP contribution in [-0.2, 0) is 23.1 Å². The fraction of sp³-hybridized carbons (Fsp3) is 0.538. The van der Waals surface area contributed by atoms with Crippen LogP contribution in [0, 0.1) is 0 Å². The molecule has 0 aromatic heterocycles. The molecule has 9 rings (SSSR count). The van der Waals surface area contributed by atoms with Gasteiger partial charge in [-0.15, -0.1) is 0 Å². The van der Waals surface area contributed by atoms with Gasteiger partial charge in [-0.25, -0.2) is 0 Å². The molecule has 4 bridgehead atoms. The van der Waals surface area contributed by atoms with Gasteiger partial charge in [-0.3, -0.25) is 5.01 Å². The maximum absolute atomic E-state index is 7.03. The average molecular weight is 432 g/mol. The summed E-state index contributed by atoms with van der Waals surface area (Å²) in [7, 11) is 5.97. The first-order valence-electron chi connectivity index (χ1n) is 11.9. The van der Waals surface area contributed by atoms with Crippen molar-refractivity contribution in [1.29, 1.82) is 0 Å². The molecular weight excluding hydrogens is 402 g/mol. The predicted octanol–water partition coefficient (Wildman–Crippen LogP) is 3.08. The van der Waals surface area contributed by atoms with Crippen molar-refractivity contribution in [2.45, 2.75) is 61.1 Å². The number of piperidine rings is 1. The van der Waals surface area contributed by atoms with Gasteiger partial charge in [0.1, 0.15) is 0 Å². The van der Waals surface area contributed by atoms with Gasteiger partial charge in [-0.05, 0) is 62.5 Å². The molecule has 0 N–H and O–H groups in total. The summed E-state index contributed by atoms with van der Waals surface area (Å²) >= 11 is 0. The Kier molecular flexibility index (Phi) is 3.09. The first kappa shape index (κ1) is 18.2. The van der Waals surface area contributed by atoms with E-state index in [2.05, 4.69) is 58.4 Å². The number of para-hydroxylation sites is 1. The summed E-state index contributed by atoms with van der Waals surface area (Å²) in [6, 6.07) is 13.8. The van der Waals surface area contributed by atoms with Gasteiger partial charge in [0.05, 0.1) is 23.8 Å². The lowest BCUT2D eigenvalue weighted by Crippen LogP contribution is -2.92. The molecule has 0 radical (unpaired) electrons. The van der Waals surface area contributed by atoms with E-state index >= 15 is 0 Å². The highest BCUT2D eigenvalue weighted by Crippen LogP contribution is 2.73. The van der Waals surface area contributed by atoms with Crippen LogP contribution >= 0.6 is 0 Å². The number of nitrogens with zero attached hydrogens (tertiary/aromatic N) is 3. The summed E-state index contributed by atoms with van der Waals surface area (Å²) in [5.41, 5.74) is 4.95. The van der Waals surface area contributed by atoms with Crippen LogP contribution < -0.4 is 14.5 Å². The molecule has 5 aliphatic heterocycles. The molecule has 32 heavy (non-hydrogen) atoms. The summed E-state index contributed by atoms with van der Waals surface area (Å²) in [5, 5.41) is 5.21. The molecule has 0 amide bonds. The minimum atomic E-state index is -0.486. The molecule has 1 saturated carbocycles. The van der Waals surface area contributed by atoms with E-state index in [0.717, 1.165) is 50.3 Å². The molecule has 6 heteroatoms. The molecule has 7 aliphatic rings. The zero-order valence-electron chi connectivity index (χ0n) is 18.9. The molecule has 5 atom stereocenters. The van der Waals surface area contributed by atoms with E-state index < -0.39 is 5.72 Å². The lowest BCUT2D eigenvalue weighted by molar-refractivity contribution is -0.298. The molecule has 5 heterocycles. The zero-order chi connectivity index (χ0) is 21.5. The molecule has 2 aromatic rings. The number of hydrogen-bond acceptors (Lipinski definition) is 6. The summed E-state index contributed by atoms with van der Waals surface area (Å²) in [6.07, 6.45) is 4.18. The van der Waals surface area contributed by atoms with Crippen LogP contribution in [0.4, 0.5) is 5.69 Å². The molecule has 166 valence electrons. The minimum absolute atomic E-state index is 0.0409. The first-order valence-corrected chi connectivity index (χ1v) is 11.9. The van der Waals surface area contributed by atoms with Gasteiger partial charge in [0.15, 0.2) is 23.3 Å². The first-order chi connectivity index (χ1) is 15.6. The highest BCUT2D eigenvalue weighted by molar-refractivity contribution is 5.71. The lowest BCUT2D eigenvalue weighted by Gasteiger charge is -2.76. The van der Waals surface area contributed by atoms with Crippen molar-refractivity contribution in [3.63, 3.8) is 0 Å². The van der Waals surface area contributed by atoms with E-state index in [0.29, 0.717) is 6.04 Å². The van der Waals surface area contributed by atoms with Crippen molar-refractivity contribution in [2.75, 3.05) is 32.8 Å². The highest BCUT2D eigenvalue weighted by atomic mass is 16.6. The number of ether oxygens (including phenoxy) is 3. The largest absolute Gasteiger partial charge is 0.493 e. The molecule has 4 fully saturated rings. The average Bonchev–Trinajstić information content (AvgIpc) is 3.40. The van der Waals surface area contributed by atoms with Crippen LogP contribution in [0.5, 0.6) is 11.5 Å². The highest BCUT2D eigenvalue weighted by Gasteiger charge is 2.84. The Morgan fingerprint density at radius 3 is 2.75 bits per heavy atom. The Bertz CT molecular complexity index is 1180. The molecule has 3 saturated heterocycles. The van der Waals surface area contributed by atoms with E-state index in [4.69, 9.17) is 14.2 Å². The summed E-state index contributed by atoms with van der Waals surface area (Å²) < 4.78 is 19.4. The van der Waals surface area contributed by atoms with Gasteiger partial charge >= 0.3 is 0 Å². The van der Waals surface area contributed by atoms with Crippen molar-refractivity contribution < 1.29 is 14.2 Å². The number of likely N-dealkylation sites (N-methyl/N-ethyl adjacent to an activating group) is 1. The number of anilines is 1. The predicted molar refractivity (Wildman–Crippen MR) is 120 cm³/mol. The van der Waals surface area contributed by atoms with E-state index in [1.807, 2.05) is 7.11 Å². The Morgan fingerprint density at radius 1 is 1.03 bits per heavy atom. The van der Waals surface area contributed by atoms with E-state index in [1.54, 1.807) is 7.11 Å². The standard InChI is InChI=1S/C26H29N3O3/c1-27-13-12-24-21-16-8-9-19(30-2)22(21)32-23(24)26(31-3)11-10-25(24,20(27)14-16)29-18-7-5-4-6-17(18)15-28(26)29/h4-9,20,23H,10-15H2,1-3H3. The van der Waals surface area contributed by atoms with Gasteiger partial charge in [0, 0.05) is 25.3 Å². The molecule has 2 aromatic carbocycles. The van der Waals surface area contributed by atoms with Gasteiger partial charge in [-0.1, -0.05) is 24.3 Å². The summed E-state index contributed by atoms with van der Waals surface area (Å²) in [4.78, 5) is 2.62. The molecule has 2 spiro atoms. The maximum Gasteiger partial charge on any atom is 0.176 e. The third-order valence-corrected chi connectivity index (χ3v) is 9.91. The summed E-state index contributed by atoms with van der Waals surface area (Å²) in [6.45, 7) is 1.95. The fourth-order valence-corrected chi connectivity index (χ4v) is 8.84. The molecular formula is C26H29N3O3. The Labute approximate surface area is 188 Å². The van der Waals surface area contributed by atoms with Gasteiger partial charge in [0.25, 0.3) is 0 Å². The third-order valence-electron chi connectivity index (χ3n) is 9.91. The number of hydrogen-bond donors (Lipinski definition) is 0. The van der Waals surface area contributed by atoms with Crippen LogP contribution in [-0.4, -0.2) is 61.1 Å². The van der Waals surface area contributed by atoms with E-state index in [-0.39, 0.29) is 17.1 Å². The van der Waals surface area contributed by atoms with Gasteiger partial charge in [0.2, 0.25) is 0 Å². The molecule has 2 aliphatic carbocycles. The van der Waals surface area contributed by atoms with E-state index in [1.165, 1.54) is 22.4 Å². The SMILES string of the molecule is COc1ccc2c3c1OC1C4(OC)CCC5(C(C2)N(C)CCC315)N1c2ccccc2CN14. The van der Waals surface area contributed by atoms with Gasteiger partial charge in [-0.2, -0.15) is 5.01 Å². The smallest absolute Gasteiger partial charge is 0.176 e. The second-order valence-electron chi connectivity index (χ2n) is 10.5. The number of methoxy groups -OCH3 is 2. The normalized spacial score (nSPS) is 40.0. The minimum Gasteiger partial charge on any atom is -0.493 e. The van der Waals surface area contributed by atoms with Crippen LogP contribution in [0.15, 0.2) is 36.4 Å². The topological polar surface area (TPSA) is 37.4 Å². The fourth-order valence-electron chi connectivity index (χ4n) is 8.84. The quantitative estimate of drug-likeness (QED) is 0.728. The van der Waals surface area contributed by atoms with Crippen molar-refractivity contribution in [1.82, 2.24) is 9.91 Å². The second-order valence-corrected chi connectivity index (χ2v) is 10.5. The number of likely N-dealkylation sites (tertiary alicyclic amines) is 1. The maximum atomic E-state index is 7.03. The summed E-state index contributed by atoms with van der Waals surface area (Å²) in [5.74, 6) is 1.84. The van der Waals surface area contributed by atoms with Crippen molar-refractivity contribution in [3.05, 3.63) is 53.1 Å². The van der Waals surface area contributed by atoms with E-state index in [9.17, 15) is 0 Å². The Hall–Kier alpha value is -2.28. The van der Waals surface area contributed by atoms with Crippen molar-refractivity contribution in [2.24, 2.45) is 0 Å². The van der Waals surface area contributed by atoms with Crippen LogP contribution in [0.25, 0.3) is 0 Å². The number of fused-ring (bicyclic) bond motifs is 2. The Balaban J connectivity index is 1.51. The number of benzene rings is 2. The Morgan fingerprint density at radius 2 is 1.91 bits per heavy atom.